The lowest BCUT2D eigenvalue weighted by atomic mass is 10.2. The predicted molar refractivity (Wildman–Crippen MR) is 73.1 cm³/mol. The summed E-state index contributed by atoms with van der Waals surface area (Å²) < 4.78 is 1.83. The largest absolute Gasteiger partial charge is 0.345 e. The van der Waals surface area contributed by atoms with E-state index in [2.05, 4.69) is 11.8 Å². The Morgan fingerprint density at radius 2 is 2.05 bits per heavy atom. The number of amides is 1. The Morgan fingerprint density at radius 1 is 1.32 bits per heavy atom. The first-order valence-corrected chi connectivity index (χ1v) is 6.85. The standard InChI is InChI=1S/C14H21N3O2/c1-2-15-8-10-17(11-9-15)14(19)5-7-16-6-3-4-13(16)12-18/h3-4,6,12H,2,5,7-11H2,1H3. The summed E-state index contributed by atoms with van der Waals surface area (Å²) in [5, 5.41) is 0. The van der Waals surface area contributed by atoms with Crippen LogP contribution >= 0.6 is 0 Å². The van der Waals surface area contributed by atoms with Crippen molar-refractivity contribution in [3.8, 4) is 0 Å². The summed E-state index contributed by atoms with van der Waals surface area (Å²) >= 11 is 0. The zero-order valence-corrected chi connectivity index (χ0v) is 11.4. The van der Waals surface area contributed by atoms with Gasteiger partial charge in [-0.3, -0.25) is 9.59 Å². The van der Waals surface area contributed by atoms with E-state index in [1.54, 1.807) is 6.07 Å². The molecule has 104 valence electrons. The van der Waals surface area contributed by atoms with Gasteiger partial charge in [0.15, 0.2) is 6.29 Å². The lowest BCUT2D eigenvalue weighted by Gasteiger charge is -2.34. The van der Waals surface area contributed by atoms with E-state index in [0.717, 1.165) is 39.0 Å². The van der Waals surface area contributed by atoms with E-state index in [1.807, 2.05) is 21.7 Å². The lowest BCUT2D eigenvalue weighted by molar-refractivity contribution is -0.133. The number of rotatable bonds is 5. The van der Waals surface area contributed by atoms with Gasteiger partial charge >= 0.3 is 0 Å². The number of aromatic nitrogens is 1. The van der Waals surface area contributed by atoms with Crippen LogP contribution in [0.4, 0.5) is 0 Å². The van der Waals surface area contributed by atoms with Gasteiger partial charge in [-0.05, 0) is 18.7 Å². The summed E-state index contributed by atoms with van der Waals surface area (Å²) in [5.74, 6) is 0.182. The number of hydrogen-bond donors (Lipinski definition) is 0. The van der Waals surface area contributed by atoms with Crippen molar-refractivity contribution in [1.29, 1.82) is 0 Å². The molecule has 2 heterocycles. The predicted octanol–water partition coefficient (Wildman–Crippen LogP) is 0.855. The number of nitrogens with zero attached hydrogens (tertiary/aromatic N) is 3. The van der Waals surface area contributed by atoms with Gasteiger partial charge in [0.25, 0.3) is 0 Å². The molecule has 2 rings (SSSR count). The van der Waals surface area contributed by atoms with E-state index in [-0.39, 0.29) is 5.91 Å². The monoisotopic (exact) mass is 263 g/mol. The second-order valence-corrected chi connectivity index (χ2v) is 4.81. The minimum absolute atomic E-state index is 0.182. The number of likely N-dealkylation sites (N-methyl/N-ethyl adjacent to an activating group) is 1. The summed E-state index contributed by atoms with van der Waals surface area (Å²) in [6, 6.07) is 3.59. The SMILES string of the molecule is CCN1CCN(C(=O)CCn2cccc2C=O)CC1. The van der Waals surface area contributed by atoms with Crippen LogP contribution in [-0.4, -0.2) is 59.3 Å². The van der Waals surface area contributed by atoms with Crippen LogP contribution in [0.1, 0.15) is 23.8 Å². The second-order valence-electron chi connectivity index (χ2n) is 4.81. The summed E-state index contributed by atoms with van der Waals surface area (Å²) in [6.07, 6.45) is 3.12. The zero-order valence-electron chi connectivity index (χ0n) is 11.4. The molecular formula is C14H21N3O2. The van der Waals surface area contributed by atoms with Crippen molar-refractivity contribution in [2.75, 3.05) is 32.7 Å². The van der Waals surface area contributed by atoms with E-state index in [0.29, 0.717) is 18.7 Å². The molecule has 0 atom stereocenters. The number of aryl methyl sites for hydroxylation is 1. The van der Waals surface area contributed by atoms with Gasteiger partial charge in [-0.25, -0.2) is 0 Å². The maximum atomic E-state index is 12.1. The van der Waals surface area contributed by atoms with Crippen LogP contribution in [0.15, 0.2) is 18.3 Å². The quantitative estimate of drug-likeness (QED) is 0.740. The van der Waals surface area contributed by atoms with Crippen LogP contribution in [-0.2, 0) is 11.3 Å². The zero-order chi connectivity index (χ0) is 13.7. The van der Waals surface area contributed by atoms with Gasteiger partial charge in [-0.2, -0.15) is 0 Å². The fourth-order valence-corrected chi connectivity index (χ4v) is 2.43. The maximum Gasteiger partial charge on any atom is 0.224 e. The smallest absolute Gasteiger partial charge is 0.224 e. The first kappa shape index (κ1) is 13.8. The minimum Gasteiger partial charge on any atom is -0.345 e. The first-order chi connectivity index (χ1) is 9.24. The van der Waals surface area contributed by atoms with Crippen molar-refractivity contribution in [3.05, 3.63) is 24.0 Å². The van der Waals surface area contributed by atoms with Crippen molar-refractivity contribution < 1.29 is 9.59 Å². The highest BCUT2D eigenvalue weighted by Gasteiger charge is 2.19. The number of hydrogen-bond acceptors (Lipinski definition) is 3. The Labute approximate surface area is 113 Å². The first-order valence-electron chi connectivity index (χ1n) is 6.85. The molecule has 1 fully saturated rings. The molecule has 1 aromatic rings. The van der Waals surface area contributed by atoms with E-state index >= 15 is 0 Å². The van der Waals surface area contributed by atoms with Gasteiger partial charge in [0.2, 0.25) is 5.91 Å². The number of aldehydes is 1. The van der Waals surface area contributed by atoms with E-state index in [1.165, 1.54) is 0 Å². The van der Waals surface area contributed by atoms with Crippen molar-refractivity contribution in [1.82, 2.24) is 14.4 Å². The molecule has 5 heteroatoms. The van der Waals surface area contributed by atoms with E-state index in [9.17, 15) is 9.59 Å². The fraction of sp³-hybridized carbons (Fsp3) is 0.571. The average molecular weight is 263 g/mol. The highest BCUT2D eigenvalue weighted by atomic mass is 16.2. The van der Waals surface area contributed by atoms with Gasteiger partial charge in [0.05, 0.1) is 5.69 Å². The molecule has 1 amide bonds. The number of piperazine rings is 1. The van der Waals surface area contributed by atoms with Crippen LogP contribution in [0, 0.1) is 0 Å². The Bertz CT molecular complexity index is 434. The van der Waals surface area contributed by atoms with E-state index < -0.39 is 0 Å². The summed E-state index contributed by atoms with van der Waals surface area (Å²) in [5.41, 5.74) is 0.628. The molecule has 0 aliphatic carbocycles. The molecule has 0 aromatic carbocycles. The molecule has 19 heavy (non-hydrogen) atoms. The van der Waals surface area contributed by atoms with Crippen LogP contribution in [0.3, 0.4) is 0 Å². The van der Waals surface area contributed by atoms with Gasteiger partial charge in [-0.1, -0.05) is 6.92 Å². The molecule has 1 aliphatic rings. The van der Waals surface area contributed by atoms with Crippen molar-refractivity contribution >= 4 is 12.2 Å². The molecule has 0 saturated carbocycles. The van der Waals surface area contributed by atoms with Crippen LogP contribution in [0.2, 0.25) is 0 Å². The maximum absolute atomic E-state index is 12.1. The summed E-state index contributed by atoms with van der Waals surface area (Å²) in [4.78, 5) is 27.2. The molecule has 5 nitrogen and oxygen atoms in total. The molecule has 1 aliphatic heterocycles. The number of carbonyl (C=O) groups excluding carboxylic acids is 2. The topological polar surface area (TPSA) is 45.5 Å². The molecular weight excluding hydrogens is 242 g/mol. The molecule has 1 saturated heterocycles. The lowest BCUT2D eigenvalue weighted by Crippen LogP contribution is -2.48. The molecule has 0 N–H and O–H groups in total. The molecule has 0 unspecified atom stereocenters. The Kier molecular flexibility index (Phi) is 4.74. The van der Waals surface area contributed by atoms with Gasteiger partial charge in [-0.15, -0.1) is 0 Å². The van der Waals surface area contributed by atoms with Gasteiger partial charge < -0.3 is 14.4 Å². The Hall–Kier alpha value is -1.62. The number of carbonyl (C=O) groups is 2. The minimum atomic E-state index is 0.182. The van der Waals surface area contributed by atoms with Crippen molar-refractivity contribution in [2.45, 2.75) is 19.9 Å². The Morgan fingerprint density at radius 3 is 2.68 bits per heavy atom. The highest BCUT2D eigenvalue weighted by Crippen LogP contribution is 2.06. The third-order valence-electron chi connectivity index (χ3n) is 3.72. The average Bonchev–Trinajstić information content (AvgIpc) is 2.92. The molecule has 1 aromatic heterocycles. The Balaban J connectivity index is 1.80. The van der Waals surface area contributed by atoms with E-state index in [4.69, 9.17) is 0 Å². The van der Waals surface area contributed by atoms with Gasteiger partial charge in [0.1, 0.15) is 0 Å². The summed E-state index contributed by atoms with van der Waals surface area (Å²) in [7, 11) is 0. The molecule has 0 spiro atoms. The highest BCUT2D eigenvalue weighted by molar-refractivity contribution is 5.76. The molecule has 0 radical (unpaired) electrons. The van der Waals surface area contributed by atoms with Crippen LogP contribution < -0.4 is 0 Å². The van der Waals surface area contributed by atoms with Crippen LogP contribution in [0.5, 0.6) is 0 Å². The second kappa shape index (κ2) is 6.52. The summed E-state index contributed by atoms with van der Waals surface area (Å²) in [6.45, 7) is 7.33. The third-order valence-corrected chi connectivity index (χ3v) is 3.72. The van der Waals surface area contributed by atoms with Gasteiger partial charge in [0, 0.05) is 45.3 Å². The van der Waals surface area contributed by atoms with Crippen LogP contribution in [0.25, 0.3) is 0 Å². The normalized spacial score (nSPS) is 16.6. The third kappa shape index (κ3) is 3.44. The molecule has 0 bridgehead atoms. The fourth-order valence-electron chi connectivity index (χ4n) is 2.43. The van der Waals surface area contributed by atoms with Crippen molar-refractivity contribution in [3.63, 3.8) is 0 Å². The van der Waals surface area contributed by atoms with Crippen molar-refractivity contribution in [2.24, 2.45) is 0 Å².